The molecule has 0 radical (unpaired) electrons. The number of aliphatic hydroxyl groups excluding tert-OH is 1. The molecular formula is C14H13BrFN5O4. The largest absolute Gasteiger partial charge is 0.396 e. The maximum atomic E-state index is 13.5. The van der Waals surface area contributed by atoms with Crippen molar-refractivity contribution in [1.29, 1.82) is 0 Å². The number of nitrogens with one attached hydrogen (secondary N) is 1. The molecule has 1 aromatic carbocycles. The smallest absolute Gasteiger partial charge is 0.261 e. The van der Waals surface area contributed by atoms with Gasteiger partial charge in [0.05, 0.1) is 4.47 Å². The summed E-state index contributed by atoms with van der Waals surface area (Å²) in [7, 11) is 0. The van der Waals surface area contributed by atoms with Crippen LogP contribution in [0, 0.1) is 5.82 Å². The van der Waals surface area contributed by atoms with Crippen LogP contribution in [0.3, 0.4) is 0 Å². The average Bonchev–Trinajstić information content (AvgIpc) is 3.23. The summed E-state index contributed by atoms with van der Waals surface area (Å²) in [6.07, 6.45) is 0.0235. The molecule has 2 N–H and O–H groups in total. The number of aliphatic hydroxyl groups is 1. The number of carbonyl (C=O) groups is 1. The molecule has 1 aliphatic rings. The fraction of sp³-hybridized carbons (Fsp3) is 0.286. The summed E-state index contributed by atoms with van der Waals surface area (Å²) in [5, 5.41) is 23.2. The zero-order valence-electron chi connectivity index (χ0n) is 12.7. The van der Waals surface area contributed by atoms with Crippen molar-refractivity contribution in [3.8, 4) is 0 Å². The van der Waals surface area contributed by atoms with Gasteiger partial charge in [0.15, 0.2) is 12.0 Å². The molecule has 0 spiro atoms. The zero-order valence-corrected chi connectivity index (χ0v) is 14.3. The number of rotatable bonds is 7. The number of hydrogen-bond acceptors (Lipinski definition) is 9. The Morgan fingerprint density at radius 3 is 3.00 bits per heavy atom. The van der Waals surface area contributed by atoms with Gasteiger partial charge in [-0.1, -0.05) is 5.16 Å². The van der Waals surface area contributed by atoms with Crippen molar-refractivity contribution >= 4 is 39.6 Å². The number of halogens is 2. The van der Waals surface area contributed by atoms with Gasteiger partial charge < -0.3 is 15.3 Å². The van der Waals surface area contributed by atoms with E-state index in [9.17, 15) is 9.18 Å². The van der Waals surface area contributed by atoms with Crippen LogP contribution < -0.4 is 10.2 Å². The van der Waals surface area contributed by atoms with Gasteiger partial charge >= 0.3 is 0 Å². The summed E-state index contributed by atoms with van der Waals surface area (Å²) in [5.74, 6) is 0.0244. The molecule has 0 saturated carbocycles. The average molecular weight is 414 g/mol. The van der Waals surface area contributed by atoms with E-state index < -0.39 is 12.0 Å². The molecule has 1 atom stereocenters. The molecule has 2 aromatic rings. The lowest BCUT2D eigenvalue weighted by molar-refractivity contribution is -0.116. The molecule has 0 saturated heterocycles. The second-order valence-electron chi connectivity index (χ2n) is 4.98. The van der Waals surface area contributed by atoms with Gasteiger partial charge in [-0.15, -0.1) is 0 Å². The van der Waals surface area contributed by atoms with Gasteiger partial charge in [0.25, 0.3) is 6.23 Å². The minimum atomic E-state index is -1.03. The minimum Gasteiger partial charge on any atom is -0.396 e. The zero-order chi connectivity index (χ0) is 17.8. The maximum absolute atomic E-state index is 13.5. The van der Waals surface area contributed by atoms with Crippen LogP contribution in [0.4, 0.5) is 15.9 Å². The second kappa shape index (κ2) is 7.57. The molecule has 2 heterocycles. The van der Waals surface area contributed by atoms with Gasteiger partial charge in [-0.2, -0.15) is 0 Å². The van der Waals surface area contributed by atoms with E-state index in [-0.39, 0.29) is 28.4 Å². The molecule has 0 amide bonds. The highest BCUT2D eigenvalue weighted by Gasteiger charge is 2.36. The van der Waals surface area contributed by atoms with E-state index in [4.69, 9.17) is 14.6 Å². The molecule has 132 valence electrons. The van der Waals surface area contributed by atoms with Crippen molar-refractivity contribution in [3.05, 3.63) is 34.2 Å². The van der Waals surface area contributed by atoms with E-state index in [1.165, 1.54) is 23.1 Å². The van der Waals surface area contributed by atoms with Crippen molar-refractivity contribution < 1.29 is 23.8 Å². The molecule has 0 bridgehead atoms. The van der Waals surface area contributed by atoms with Crippen LogP contribution in [-0.4, -0.2) is 46.9 Å². The summed E-state index contributed by atoms with van der Waals surface area (Å²) in [4.78, 5) is 17.9. The second-order valence-corrected chi connectivity index (χ2v) is 5.84. The maximum Gasteiger partial charge on any atom is 0.261 e. The molecule has 0 fully saturated rings. The van der Waals surface area contributed by atoms with Gasteiger partial charge in [-0.3, -0.25) is 9.69 Å². The third kappa shape index (κ3) is 3.46. The summed E-state index contributed by atoms with van der Waals surface area (Å²) in [6, 6.07) is 4.22. The number of anilines is 2. The Kier molecular flexibility index (Phi) is 5.24. The fourth-order valence-electron chi connectivity index (χ4n) is 2.20. The first-order chi connectivity index (χ1) is 12.2. The normalized spacial score (nSPS) is 16.5. The fourth-order valence-corrected chi connectivity index (χ4v) is 2.57. The highest BCUT2D eigenvalue weighted by atomic mass is 79.9. The Morgan fingerprint density at radius 1 is 1.44 bits per heavy atom. The topological polar surface area (TPSA) is 113 Å². The summed E-state index contributed by atoms with van der Waals surface area (Å²) >= 11 is 3.11. The number of carbonyl (C=O) groups excluding carboxylic acids is 1. The van der Waals surface area contributed by atoms with E-state index >= 15 is 0 Å². The van der Waals surface area contributed by atoms with Crippen LogP contribution in [0.2, 0.25) is 0 Å². The highest BCUT2D eigenvalue weighted by molar-refractivity contribution is 9.10. The lowest BCUT2D eigenvalue weighted by atomic mass is 10.2. The summed E-state index contributed by atoms with van der Waals surface area (Å²) in [5.41, 5.74) is 0.689. The van der Waals surface area contributed by atoms with E-state index in [2.05, 4.69) is 36.7 Å². The van der Waals surface area contributed by atoms with Gasteiger partial charge in [0, 0.05) is 18.8 Å². The van der Waals surface area contributed by atoms with Gasteiger partial charge in [-0.25, -0.2) is 9.02 Å². The number of oxime groups is 1. The predicted molar refractivity (Wildman–Crippen MR) is 88.5 cm³/mol. The lowest BCUT2D eigenvalue weighted by Crippen LogP contribution is -2.38. The number of amidine groups is 1. The van der Waals surface area contributed by atoms with Crippen LogP contribution in [0.25, 0.3) is 0 Å². The third-order valence-corrected chi connectivity index (χ3v) is 3.96. The summed E-state index contributed by atoms with van der Waals surface area (Å²) in [6.45, 7) is 0.450. The molecule has 11 heteroatoms. The number of aldehydes is 1. The van der Waals surface area contributed by atoms with Crippen molar-refractivity contribution in [3.63, 3.8) is 0 Å². The minimum absolute atomic E-state index is 0.0145. The molecule has 9 nitrogen and oxygen atoms in total. The third-order valence-electron chi connectivity index (χ3n) is 3.36. The van der Waals surface area contributed by atoms with Crippen LogP contribution in [0.15, 0.2) is 32.5 Å². The highest BCUT2D eigenvalue weighted by Crippen LogP contribution is 2.30. The van der Waals surface area contributed by atoms with Crippen molar-refractivity contribution in [1.82, 2.24) is 10.3 Å². The first-order valence-corrected chi connectivity index (χ1v) is 8.06. The van der Waals surface area contributed by atoms with E-state index in [0.717, 1.165) is 0 Å². The van der Waals surface area contributed by atoms with Crippen molar-refractivity contribution in [2.45, 2.75) is 12.6 Å². The SMILES string of the molecule is O=CC1ON=C(c2nonc2NCCCO)N1c1ccc(F)c(Br)c1. The standard InChI is InChI=1S/C14H13BrFN5O4/c15-9-6-8(2-3-10(9)16)21-11(7-23)24-20-14(21)12-13(19-25-18-12)17-4-1-5-22/h2-3,6-7,11,22H,1,4-5H2,(H,17,19). The van der Waals surface area contributed by atoms with Crippen LogP contribution in [0.5, 0.6) is 0 Å². The molecule has 25 heavy (non-hydrogen) atoms. The van der Waals surface area contributed by atoms with Gasteiger partial charge in [-0.05, 0) is 50.9 Å². The van der Waals surface area contributed by atoms with E-state index in [1.54, 1.807) is 0 Å². The Hall–Kier alpha value is -2.53. The van der Waals surface area contributed by atoms with Crippen LogP contribution >= 0.6 is 15.9 Å². The predicted octanol–water partition coefficient (Wildman–Crippen LogP) is 1.49. The van der Waals surface area contributed by atoms with Gasteiger partial charge in [0.2, 0.25) is 11.7 Å². The van der Waals surface area contributed by atoms with E-state index in [0.29, 0.717) is 24.9 Å². The Morgan fingerprint density at radius 2 is 2.28 bits per heavy atom. The first kappa shape index (κ1) is 17.3. The van der Waals surface area contributed by atoms with Gasteiger partial charge in [0.1, 0.15) is 5.82 Å². The van der Waals surface area contributed by atoms with Crippen LogP contribution in [0.1, 0.15) is 12.1 Å². The Balaban J connectivity index is 1.93. The Bertz CT molecular complexity index is 799. The molecule has 1 aliphatic heterocycles. The number of hydrogen-bond donors (Lipinski definition) is 2. The molecular weight excluding hydrogens is 401 g/mol. The number of aromatic nitrogens is 2. The quantitative estimate of drug-likeness (QED) is 0.518. The monoisotopic (exact) mass is 413 g/mol. The molecule has 1 aromatic heterocycles. The molecule has 0 aliphatic carbocycles. The van der Waals surface area contributed by atoms with E-state index in [1.807, 2.05) is 0 Å². The Labute approximate surface area is 149 Å². The molecule has 3 rings (SSSR count). The van der Waals surface area contributed by atoms with Crippen LogP contribution in [-0.2, 0) is 9.63 Å². The number of nitrogens with zero attached hydrogens (tertiary/aromatic N) is 4. The lowest BCUT2D eigenvalue weighted by Gasteiger charge is -2.21. The van der Waals surface area contributed by atoms with Crippen molar-refractivity contribution in [2.24, 2.45) is 5.16 Å². The summed E-state index contributed by atoms with van der Waals surface area (Å²) < 4.78 is 18.5. The van der Waals surface area contributed by atoms with Crippen molar-refractivity contribution in [2.75, 3.05) is 23.4 Å². The molecule has 1 unspecified atom stereocenters. The number of benzene rings is 1. The first-order valence-electron chi connectivity index (χ1n) is 7.26.